The van der Waals surface area contributed by atoms with Crippen LogP contribution in [0.5, 0.6) is 0 Å². The quantitative estimate of drug-likeness (QED) is 0.351. The van der Waals surface area contributed by atoms with Gasteiger partial charge in [0.1, 0.15) is 0 Å². The highest BCUT2D eigenvalue weighted by Gasteiger charge is 2.57. The number of esters is 1. The van der Waals surface area contributed by atoms with Crippen LogP contribution >= 0.6 is 0 Å². The van der Waals surface area contributed by atoms with Gasteiger partial charge in [-0.2, -0.15) is 4.57 Å². The Kier molecular flexibility index (Phi) is 6.09. The van der Waals surface area contributed by atoms with Crippen molar-refractivity contribution in [2.45, 2.75) is 65.3 Å². The molecule has 4 nitrogen and oxygen atoms in total. The minimum atomic E-state index is -0.383. The SMILES string of the molecule is C=C1CC[C@H]2[C@](C)(CCC[C@]2(C)C(=O)OC)[C@H]1CCc1ccoc1C[n+]1ccccc1. The maximum atomic E-state index is 12.8. The largest absolute Gasteiger partial charge is 0.469 e. The zero-order valence-corrected chi connectivity index (χ0v) is 19.2. The number of hydrogen-bond donors (Lipinski definition) is 0. The number of hydrogen-bond acceptors (Lipinski definition) is 3. The average molecular weight is 423 g/mol. The van der Waals surface area contributed by atoms with Gasteiger partial charge >= 0.3 is 5.97 Å². The second-order valence-electron chi connectivity index (χ2n) is 10.0. The maximum absolute atomic E-state index is 12.8. The summed E-state index contributed by atoms with van der Waals surface area (Å²) >= 11 is 0. The van der Waals surface area contributed by atoms with Crippen molar-refractivity contribution >= 4 is 5.97 Å². The molecule has 31 heavy (non-hydrogen) atoms. The van der Waals surface area contributed by atoms with E-state index < -0.39 is 0 Å². The Morgan fingerprint density at radius 3 is 2.77 bits per heavy atom. The monoisotopic (exact) mass is 422 g/mol. The Hall–Kier alpha value is -2.36. The van der Waals surface area contributed by atoms with E-state index in [1.165, 1.54) is 18.2 Å². The van der Waals surface area contributed by atoms with E-state index in [0.29, 0.717) is 11.8 Å². The van der Waals surface area contributed by atoms with Gasteiger partial charge in [-0.15, -0.1) is 0 Å². The van der Waals surface area contributed by atoms with E-state index in [0.717, 1.165) is 57.3 Å². The molecule has 0 radical (unpaired) electrons. The molecule has 0 aromatic carbocycles. The normalized spacial score (nSPS) is 30.6. The number of ether oxygens (including phenoxy) is 1. The lowest BCUT2D eigenvalue weighted by atomic mass is 9.46. The van der Waals surface area contributed by atoms with E-state index in [1.54, 1.807) is 0 Å². The molecule has 0 bridgehead atoms. The van der Waals surface area contributed by atoms with Crippen LogP contribution < -0.4 is 4.57 Å². The smallest absolute Gasteiger partial charge is 0.311 e. The van der Waals surface area contributed by atoms with Crippen LogP contribution in [0.25, 0.3) is 0 Å². The molecule has 166 valence electrons. The standard InChI is InChI=1S/C27H36NO3/c1-20-9-12-24-26(2,14-8-15-27(24,3)25(29)30-4)22(20)11-10-21-13-18-31-23(21)19-28-16-6-5-7-17-28/h5-7,13,16-18,22,24H,1,8-12,14-15,19H2,2-4H3/q+1/t22-,24-,26+,27-/m0/s1. The van der Waals surface area contributed by atoms with Gasteiger partial charge in [-0.25, -0.2) is 0 Å². The van der Waals surface area contributed by atoms with Crippen LogP contribution in [0.4, 0.5) is 0 Å². The summed E-state index contributed by atoms with van der Waals surface area (Å²) < 4.78 is 13.2. The third-order valence-electron chi connectivity index (χ3n) is 8.31. The van der Waals surface area contributed by atoms with E-state index in [1.807, 2.05) is 24.5 Å². The van der Waals surface area contributed by atoms with Gasteiger partial charge in [0.25, 0.3) is 0 Å². The van der Waals surface area contributed by atoms with Crippen molar-refractivity contribution in [1.82, 2.24) is 0 Å². The minimum Gasteiger partial charge on any atom is -0.469 e. The highest BCUT2D eigenvalue weighted by atomic mass is 16.5. The number of carbonyl (C=O) groups is 1. The summed E-state index contributed by atoms with van der Waals surface area (Å²) in [4.78, 5) is 12.8. The molecular formula is C27H36NO3+. The summed E-state index contributed by atoms with van der Waals surface area (Å²) in [6, 6.07) is 8.22. The fourth-order valence-corrected chi connectivity index (χ4v) is 6.69. The van der Waals surface area contributed by atoms with Gasteiger partial charge in [0, 0.05) is 17.7 Å². The highest BCUT2D eigenvalue weighted by Crippen LogP contribution is 2.62. The third kappa shape index (κ3) is 3.97. The molecule has 2 aromatic heterocycles. The van der Waals surface area contributed by atoms with Gasteiger partial charge in [-0.1, -0.05) is 31.6 Å². The van der Waals surface area contributed by atoms with E-state index in [2.05, 4.69) is 43.5 Å². The Balaban J connectivity index is 1.53. The predicted octanol–water partition coefficient (Wildman–Crippen LogP) is 5.50. The number of nitrogens with zero attached hydrogens (tertiary/aromatic N) is 1. The summed E-state index contributed by atoms with van der Waals surface area (Å²) in [6.07, 6.45) is 13.2. The summed E-state index contributed by atoms with van der Waals surface area (Å²) in [5.74, 6) is 1.76. The van der Waals surface area contributed by atoms with Gasteiger partial charge in [0.15, 0.2) is 18.2 Å². The zero-order valence-electron chi connectivity index (χ0n) is 19.2. The van der Waals surface area contributed by atoms with E-state index >= 15 is 0 Å². The molecule has 4 rings (SSSR count). The second kappa shape index (κ2) is 8.64. The molecule has 0 saturated heterocycles. The van der Waals surface area contributed by atoms with E-state index in [4.69, 9.17) is 9.15 Å². The first-order valence-electron chi connectivity index (χ1n) is 11.6. The van der Waals surface area contributed by atoms with Crippen molar-refractivity contribution in [2.24, 2.45) is 22.7 Å². The van der Waals surface area contributed by atoms with Crippen LogP contribution in [0.15, 0.2) is 59.5 Å². The van der Waals surface area contributed by atoms with Crippen LogP contribution in [-0.4, -0.2) is 13.1 Å². The first-order valence-corrected chi connectivity index (χ1v) is 11.6. The van der Waals surface area contributed by atoms with Crippen LogP contribution in [0.1, 0.15) is 63.7 Å². The Bertz CT molecular complexity index is 933. The number of pyridine rings is 1. The fraction of sp³-hybridized carbons (Fsp3) is 0.556. The molecule has 2 saturated carbocycles. The molecule has 0 aliphatic heterocycles. The number of furan rings is 1. The number of rotatable bonds is 6. The molecule has 0 spiro atoms. The van der Waals surface area contributed by atoms with E-state index in [-0.39, 0.29) is 16.8 Å². The minimum absolute atomic E-state index is 0.0355. The molecule has 2 heterocycles. The van der Waals surface area contributed by atoms with Gasteiger partial charge in [-0.05, 0) is 68.8 Å². The van der Waals surface area contributed by atoms with Crippen LogP contribution in [0, 0.1) is 22.7 Å². The van der Waals surface area contributed by atoms with Gasteiger partial charge in [0.2, 0.25) is 6.54 Å². The molecule has 4 heteroatoms. The zero-order chi connectivity index (χ0) is 22.1. The predicted molar refractivity (Wildman–Crippen MR) is 120 cm³/mol. The van der Waals surface area contributed by atoms with E-state index in [9.17, 15) is 4.79 Å². The van der Waals surface area contributed by atoms with Crippen molar-refractivity contribution in [3.8, 4) is 0 Å². The van der Waals surface area contributed by atoms with Crippen molar-refractivity contribution in [3.63, 3.8) is 0 Å². The van der Waals surface area contributed by atoms with Crippen LogP contribution in [-0.2, 0) is 22.5 Å². The van der Waals surface area contributed by atoms with Gasteiger partial charge < -0.3 is 9.15 Å². The summed E-state index contributed by atoms with van der Waals surface area (Å²) in [6.45, 7) is 9.78. The maximum Gasteiger partial charge on any atom is 0.311 e. The molecule has 4 atom stereocenters. The number of allylic oxidation sites excluding steroid dienone is 1. The molecule has 2 fully saturated rings. The molecule has 2 aliphatic rings. The Morgan fingerprint density at radius 1 is 1.26 bits per heavy atom. The van der Waals surface area contributed by atoms with Gasteiger partial charge in [-0.3, -0.25) is 4.79 Å². The lowest BCUT2D eigenvalue weighted by molar-refractivity contribution is -0.690. The topological polar surface area (TPSA) is 43.3 Å². The Labute approximate surface area is 186 Å². The van der Waals surface area contributed by atoms with Crippen molar-refractivity contribution < 1.29 is 18.5 Å². The Morgan fingerprint density at radius 2 is 2.03 bits per heavy atom. The highest BCUT2D eigenvalue weighted by molar-refractivity contribution is 5.77. The third-order valence-corrected chi connectivity index (χ3v) is 8.31. The number of aromatic nitrogens is 1. The molecule has 2 aromatic rings. The fourth-order valence-electron chi connectivity index (χ4n) is 6.69. The molecule has 0 unspecified atom stereocenters. The molecule has 0 N–H and O–H groups in total. The van der Waals surface area contributed by atoms with Crippen LogP contribution in [0.3, 0.4) is 0 Å². The summed E-state index contributed by atoms with van der Waals surface area (Å²) in [7, 11) is 1.53. The van der Waals surface area contributed by atoms with Crippen molar-refractivity contribution in [1.29, 1.82) is 0 Å². The van der Waals surface area contributed by atoms with Crippen molar-refractivity contribution in [3.05, 3.63) is 66.4 Å². The molecule has 2 aliphatic carbocycles. The number of carbonyl (C=O) groups excluding carboxylic acids is 1. The summed E-state index contributed by atoms with van der Waals surface area (Å²) in [5, 5.41) is 0. The number of methoxy groups -OCH3 is 1. The summed E-state index contributed by atoms with van der Waals surface area (Å²) in [5.41, 5.74) is 2.34. The second-order valence-corrected chi connectivity index (χ2v) is 10.0. The van der Waals surface area contributed by atoms with Crippen LogP contribution in [0.2, 0.25) is 0 Å². The first kappa shape index (κ1) is 21.9. The lowest BCUT2D eigenvalue weighted by Crippen LogP contribution is -2.53. The van der Waals surface area contributed by atoms with Gasteiger partial charge in [0.05, 0.1) is 18.8 Å². The molecule has 0 amide bonds. The number of aryl methyl sites for hydroxylation is 1. The average Bonchev–Trinajstić information content (AvgIpc) is 3.20. The molecular weight excluding hydrogens is 386 g/mol. The van der Waals surface area contributed by atoms with Crippen molar-refractivity contribution in [2.75, 3.05) is 7.11 Å². The number of fused-ring (bicyclic) bond motifs is 1. The lowest BCUT2D eigenvalue weighted by Gasteiger charge is -2.57. The first-order chi connectivity index (χ1) is 14.9.